The monoisotopic (exact) mass is 410 g/mol. The number of hydrogen-bond donors (Lipinski definition) is 2. The summed E-state index contributed by atoms with van der Waals surface area (Å²) in [7, 11) is 3.92. The first-order valence-electron chi connectivity index (χ1n) is 10.6. The van der Waals surface area contributed by atoms with Crippen LogP contribution in [0.5, 0.6) is 11.5 Å². The van der Waals surface area contributed by atoms with Crippen LogP contribution in [-0.2, 0) is 0 Å². The van der Waals surface area contributed by atoms with Crippen molar-refractivity contribution in [2.24, 2.45) is 10.2 Å². The average molecular weight is 411 g/mol. The summed E-state index contributed by atoms with van der Waals surface area (Å²) < 4.78 is 0. The summed E-state index contributed by atoms with van der Waals surface area (Å²) in [5.74, 6) is 0.508. The van der Waals surface area contributed by atoms with Gasteiger partial charge in [0.2, 0.25) is 0 Å². The van der Waals surface area contributed by atoms with Crippen molar-refractivity contribution < 1.29 is 10.2 Å². The van der Waals surface area contributed by atoms with Crippen molar-refractivity contribution in [1.82, 2.24) is 10.0 Å². The molecule has 0 aliphatic heterocycles. The Hall–Kier alpha value is -3.02. The fourth-order valence-corrected chi connectivity index (χ4v) is 3.02. The Labute approximate surface area is 180 Å². The van der Waals surface area contributed by atoms with E-state index >= 15 is 0 Å². The molecule has 2 N–H and O–H groups in total. The zero-order chi connectivity index (χ0) is 21.6. The van der Waals surface area contributed by atoms with Crippen molar-refractivity contribution in [3.63, 3.8) is 0 Å². The van der Waals surface area contributed by atoms with Crippen molar-refractivity contribution in [3.05, 3.63) is 59.7 Å². The van der Waals surface area contributed by atoms with E-state index in [-0.39, 0.29) is 11.5 Å². The Bertz CT molecular complexity index is 740. The van der Waals surface area contributed by atoms with E-state index in [1.807, 2.05) is 48.4 Å². The molecule has 6 heteroatoms. The minimum Gasteiger partial charge on any atom is -0.507 e. The third-order valence-corrected chi connectivity index (χ3v) is 4.87. The molecule has 0 spiro atoms. The highest BCUT2D eigenvalue weighted by molar-refractivity contribution is 5.83. The van der Waals surface area contributed by atoms with Crippen LogP contribution in [0, 0.1) is 0 Å². The van der Waals surface area contributed by atoms with Crippen molar-refractivity contribution in [1.29, 1.82) is 0 Å². The Kier molecular flexibility index (Phi) is 10.3. The maximum Gasteiger partial charge on any atom is 0.124 e. The fraction of sp³-hybridized carbons (Fsp3) is 0.417. The zero-order valence-corrected chi connectivity index (χ0v) is 18.1. The van der Waals surface area contributed by atoms with Gasteiger partial charge in [-0.1, -0.05) is 49.9 Å². The van der Waals surface area contributed by atoms with E-state index in [1.165, 1.54) is 25.7 Å². The minimum atomic E-state index is 0.254. The summed E-state index contributed by atoms with van der Waals surface area (Å²) >= 11 is 0. The number of benzene rings is 2. The van der Waals surface area contributed by atoms with Gasteiger partial charge in [0.1, 0.15) is 11.5 Å². The summed E-state index contributed by atoms with van der Waals surface area (Å²) in [6, 6.07) is 14.4. The number of unbranched alkanes of at least 4 members (excludes halogenated alkanes) is 5. The van der Waals surface area contributed by atoms with E-state index in [2.05, 4.69) is 10.2 Å². The van der Waals surface area contributed by atoms with Crippen molar-refractivity contribution in [3.8, 4) is 11.5 Å². The second kappa shape index (κ2) is 13.2. The average Bonchev–Trinajstić information content (AvgIpc) is 2.74. The van der Waals surface area contributed by atoms with Gasteiger partial charge in [-0.25, -0.2) is 0 Å². The van der Waals surface area contributed by atoms with Gasteiger partial charge < -0.3 is 20.2 Å². The number of hydrogen-bond acceptors (Lipinski definition) is 6. The summed E-state index contributed by atoms with van der Waals surface area (Å²) in [6.45, 7) is 1.82. The molecule has 0 atom stereocenters. The molecule has 0 fully saturated rings. The van der Waals surface area contributed by atoms with Crippen LogP contribution in [0.1, 0.15) is 49.7 Å². The van der Waals surface area contributed by atoms with Gasteiger partial charge in [-0.15, -0.1) is 0 Å². The van der Waals surface area contributed by atoms with E-state index in [1.54, 1.807) is 36.7 Å². The first-order valence-corrected chi connectivity index (χ1v) is 10.6. The van der Waals surface area contributed by atoms with Gasteiger partial charge in [0.25, 0.3) is 0 Å². The molecule has 0 bridgehead atoms. The molecule has 0 aliphatic rings. The van der Waals surface area contributed by atoms with E-state index < -0.39 is 0 Å². The quantitative estimate of drug-likeness (QED) is 0.286. The van der Waals surface area contributed by atoms with Crippen molar-refractivity contribution >= 4 is 12.4 Å². The summed E-state index contributed by atoms with van der Waals surface area (Å²) in [5, 5.41) is 32.1. The lowest BCUT2D eigenvalue weighted by Gasteiger charge is -2.13. The number of phenols is 2. The van der Waals surface area contributed by atoms with E-state index in [4.69, 9.17) is 0 Å². The van der Waals surface area contributed by atoms with E-state index in [0.29, 0.717) is 0 Å². The van der Waals surface area contributed by atoms with Crippen LogP contribution < -0.4 is 0 Å². The van der Waals surface area contributed by atoms with Gasteiger partial charge >= 0.3 is 0 Å². The van der Waals surface area contributed by atoms with Gasteiger partial charge in [-0.3, -0.25) is 0 Å². The van der Waals surface area contributed by atoms with Crippen LogP contribution in [0.3, 0.4) is 0 Å². The number of hydrazone groups is 2. The molecule has 0 unspecified atom stereocenters. The summed E-state index contributed by atoms with van der Waals surface area (Å²) in [6.07, 6.45) is 10.5. The highest BCUT2D eigenvalue weighted by Gasteiger charge is 1.99. The molecular formula is C24H34N4O2. The molecule has 0 saturated heterocycles. The molecule has 0 heterocycles. The Balaban J connectivity index is 1.50. The van der Waals surface area contributed by atoms with Gasteiger partial charge in [0.15, 0.2) is 0 Å². The molecule has 0 saturated carbocycles. The standard InChI is InChI=1S/C24H34N4O2/c1-27(25-19-21-13-7-9-15-23(21)29)17-11-5-3-4-6-12-18-28(2)26-20-22-14-8-10-16-24(22)30/h7-10,13-16,19-20,29-30H,3-6,11-12,17-18H2,1-2H3/b25-19+,26-20+. The van der Waals surface area contributed by atoms with Crippen LogP contribution in [0.2, 0.25) is 0 Å². The normalized spacial score (nSPS) is 11.4. The maximum atomic E-state index is 9.74. The highest BCUT2D eigenvalue weighted by atomic mass is 16.3. The molecule has 0 amide bonds. The Morgan fingerprint density at radius 1 is 0.633 bits per heavy atom. The van der Waals surface area contributed by atoms with E-state index in [9.17, 15) is 10.2 Å². The van der Waals surface area contributed by atoms with Crippen LogP contribution in [-0.4, -0.2) is 59.8 Å². The lowest BCUT2D eigenvalue weighted by atomic mass is 10.1. The Morgan fingerprint density at radius 3 is 1.40 bits per heavy atom. The molecule has 162 valence electrons. The second-order valence-electron chi connectivity index (χ2n) is 7.49. The van der Waals surface area contributed by atoms with Crippen LogP contribution in [0.4, 0.5) is 0 Å². The third-order valence-electron chi connectivity index (χ3n) is 4.87. The third kappa shape index (κ3) is 8.99. The summed E-state index contributed by atoms with van der Waals surface area (Å²) in [5.41, 5.74) is 1.47. The van der Waals surface area contributed by atoms with Gasteiger partial charge in [-0.05, 0) is 37.1 Å². The zero-order valence-electron chi connectivity index (χ0n) is 18.1. The summed E-state index contributed by atoms with van der Waals surface area (Å²) in [4.78, 5) is 0. The molecule has 2 rings (SSSR count). The molecule has 0 aromatic heterocycles. The largest absolute Gasteiger partial charge is 0.507 e. The molecule has 0 radical (unpaired) electrons. The number of rotatable bonds is 13. The van der Waals surface area contributed by atoms with Crippen molar-refractivity contribution in [2.45, 2.75) is 38.5 Å². The van der Waals surface area contributed by atoms with Crippen LogP contribution in [0.25, 0.3) is 0 Å². The lowest BCUT2D eigenvalue weighted by molar-refractivity contribution is 0.335. The van der Waals surface area contributed by atoms with Gasteiger partial charge in [0.05, 0.1) is 12.4 Å². The van der Waals surface area contributed by atoms with Gasteiger partial charge in [0, 0.05) is 38.3 Å². The molecule has 2 aromatic rings. The Morgan fingerprint density at radius 2 is 1.00 bits per heavy atom. The molecule has 0 aliphatic carbocycles. The van der Waals surface area contributed by atoms with Crippen molar-refractivity contribution in [2.75, 3.05) is 27.2 Å². The first-order chi connectivity index (χ1) is 14.6. The van der Waals surface area contributed by atoms with Crippen LogP contribution in [0.15, 0.2) is 58.7 Å². The highest BCUT2D eigenvalue weighted by Crippen LogP contribution is 2.14. The minimum absolute atomic E-state index is 0.254. The number of nitrogens with zero attached hydrogens (tertiary/aromatic N) is 4. The SMILES string of the molecule is CN(CCCCCCCCN(C)/N=C/c1ccccc1O)/N=C/c1ccccc1O. The fourth-order valence-electron chi connectivity index (χ4n) is 3.02. The smallest absolute Gasteiger partial charge is 0.124 e. The predicted octanol–water partition coefficient (Wildman–Crippen LogP) is 4.67. The maximum absolute atomic E-state index is 9.74. The molecule has 2 aromatic carbocycles. The van der Waals surface area contributed by atoms with E-state index in [0.717, 1.165) is 37.1 Å². The first kappa shape index (κ1) is 23.3. The number of phenolic OH excluding ortho intramolecular Hbond substituents is 2. The second-order valence-corrected chi connectivity index (χ2v) is 7.49. The molecule has 6 nitrogen and oxygen atoms in total. The number of para-hydroxylation sites is 2. The topological polar surface area (TPSA) is 71.7 Å². The van der Waals surface area contributed by atoms with Gasteiger partial charge in [-0.2, -0.15) is 10.2 Å². The van der Waals surface area contributed by atoms with Crippen LogP contribution >= 0.6 is 0 Å². The number of aromatic hydroxyl groups is 2. The lowest BCUT2D eigenvalue weighted by Crippen LogP contribution is -2.13. The molecular weight excluding hydrogens is 376 g/mol. The predicted molar refractivity (Wildman–Crippen MR) is 124 cm³/mol. The molecule has 30 heavy (non-hydrogen) atoms.